The molecule has 2 heterocycles. The fourth-order valence-electron chi connectivity index (χ4n) is 11.9. The molecule has 1 aliphatic heterocycles. The van der Waals surface area contributed by atoms with Crippen molar-refractivity contribution in [2.24, 2.45) is 51.2 Å². The zero-order valence-electron chi connectivity index (χ0n) is 61.7. The number of benzene rings is 2. The average molecular weight is 1530 g/mol. The molecule has 602 valence electrons. The van der Waals surface area contributed by atoms with Gasteiger partial charge in [-0.1, -0.05) is 58.0 Å². The Morgan fingerprint density at radius 1 is 0.560 bits per heavy atom. The molecule has 1 aliphatic rings. The summed E-state index contributed by atoms with van der Waals surface area (Å²) in [6, 6.07) is -5.99. The molecule has 39 heteroatoms. The van der Waals surface area contributed by atoms with Crippen LogP contribution in [0.2, 0.25) is 0 Å². The van der Waals surface area contributed by atoms with Crippen LogP contribution in [0.25, 0.3) is 10.9 Å². The highest BCUT2D eigenvalue weighted by Gasteiger charge is 2.42. The second-order valence-electron chi connectivity index (χ2n) is 27.5. The number of nitrogens with two attached hydrogens (primary N) is 6. The first kappa shape index (κ1) is 90.3. The molecule has 1 aromatic heterocycles. The summed E-state index contributed by atoms with van der Waals surface area (Å²) < 4.78 is 0. The van der Waals surface area contributed by atoms with Crippen molar-refractivity contribution in [3.05, 3.63) is 65.9 Å². The van der Waals surface area contributed by atoms with Crippen LogP contribution in [0, 0.1) is 11.8 Å². The van der Waals surface area contributed by atoms with Gasteiger partial charge in [-0.3, -0.25) is 72.1 Å². The summed E-state index contributed by atoms with van der Waals surface area (Å²) >= 11 is 0. The van der Waals surface area contributed by atoms with Crippen molar-refractivity contribution < 1.29 is 97.5 Å². The number of aromatic hydroxyl groups is 1. The van der Waals surface area contributed by atoms with E-state index in [-0.39, 0.29) is 108 Å². The molecule has 39 nitrogen and oxygen atoms in total. The van der Waals surface area contributed by atoms with E-state index in [9.17, 15) is 97.5 Å². The Bertz CT molecular complexity index is 3680. The number of carboxylic acid groups (broad SMARTS) is 2. The Morgan fingerprint density at radius 3 is 1.60 bits per heavy atom. The van der Waals surface area contributed by atoms with Gasteiger partial charge in [-0.2, -0.15) is 0 Å². The van der Waals surface area contributed by atoms with Crippen molar-refractivity contribution in [2.45, 2.75) is 216 Å². The van der Waals surface area contributed by atoms with Crippen LogP contribution in [0.15, 0.2) is 59.7 Å². The second-order valence-corrected chi connectivity index (χ2v) is 27.5. The normalized spacial score (nSPS) is 16.0. The van der Waals surface area contributed by atoms with Crippen LogP contribution in [0.3, 0.4) is 0 Å². The van der Waals surface area contributed by atoms with Gasteiger partial charge in [0.15, 0.2) is 5.96 Å². The van der Waals surface area contributed by atoms with Gasteiger partial charge in [-0.25, -0.2) is 4.79 Å². The number of phenols is 1. The molecule has 0 spiro atoms. The number of aromatic amines is 1. The number of aliphatic imine (C=N–C) groups is 1. The lowest BCUT2D eigenvalue weighted by atomic mass is 10.0. The van der Waals surface area contributed by atoms with E-state index in [0.717, 1.165) is 6.92 Å². The number of hydrogen-bond donors (Lipinski definition) is 22. The van der Waals surface area contributed by atoms with Gasteiger partial charge in [-0.05, 0) is 132 Å². The number of carbonyl (C=O) groups is 15. The molecule has 0 radical (unpaired) electrons. The first-order chi connectivity index (χ1) is 51.4. The third-order valence-electron chi connectivity index (χ3n) is 17.8. The van der Waals surface area contributed by atoms with Crippen LogP contribution in [0.5, 0.6) is 5.75 Å². The van der Waals surface area contributed by atoms with Gasteiger partial charge >= 0.3 is 11.9 Å². The van der Waals surface area contributed by atoms with Gasteiger partial charge in [0.25, 0.3) is 0 Å². The van der Waals surface area contributed by atoms with E-state index in [1.165, 1.54) is 30.9 Å². The zero-order chi connectivity index (χ0) is 81.4. The van der Waals surface area contributed by atoms with Crippen LogP contribution in [0.1, 0.15) is 136 Å². The number of aliphatic hydroxyl groups is 2. The smallest absolute Gasteiger partial charge is 0.326 e. The van der Waals surface area contributed by atoms with E-state index in [1.54, 1.807) is 56.4 Å². The number of para-hydroxylation sites is 1. The van der Waals surface area contributed by atoms with E-state index in [0.29, 0.717) is 28.5 Å². The summed E-state index contributed by atoms with van der Waals surface area (Å²) in [5.41, 5.74) is 35.9. The highest BCUT2D eigenvalue weighted by Crippen LogP contribution is 2.24. The molecule has 109 heavy (non-hydrogen) atoms. The number of aliphatic carboxylic acids is 2. The monoisotopic (exact) mass is 1530 g/mol. The molecule has 0 unspecified atom stereocenters. The van der Waals surface area contributed by atoms with Crippen molar-refractivity contribution in [1.29, 1.82) is 0 Å². The Kier molecular flexibility index (Phi) is 37.2. The number of primary amides is 2. The summed E-state index contributed by atoms with van der Waals surface area (Å²) in [5.74, 6) is -17.2. The van der Waals surface area contributed by atoms with E-state index in [2.05, 4.69) is 63.1 Å². The predicted octanol–water partition coefficient (Wildman–Crippen LogP) is -5.44. The number of phenolic OH excluding ortho intramolecular Hbond substituents is 1. The third-order valence-corrected chi connectivity index (χ3v) is 17.8. The van der Waals surface area contributed by atoms with Gasteiger partial charge in [-0.15, -0.1) is 0 Å². The molecule has 28 N–H and O–H groups in total. The molecule has 13 atom stereocenters. The highest BCUT2D eigenvalue weighted by molar-refractivity contribution is 6.00. The number of fused-ring (bicyclic) bond motifs is 1. The second kappa shape index (κ2) is 44.9. The minimum atomic E-state index is -1.97. The Hall–Kier alpha value is -11.1. The number of carbonyl (C=O) groups excluding carboxylic acids is 13. The number of unbranched alkanes of at least 4 members (excludes halogenated alkanes) is 1. The molecule has 0 bridgehead atoms. The van der Waals surface area contributed by atoms with Crippen molar-refractivity contribution in [2.75, 3.05) is 26.2 Å². The van der Waals surface area contributed by atoms with Crippen molar-refractivity contribution in [1.82, 2.24) is 63.1 Å². The average Bonchev–Trinajstić information content (AvgIpc) is 1.69. The van der Waals surface area contributed by atoms with Gasteiger partial charge in [0.1, 0.15) is 72.2 Å². The van der Waals surface area contributed by atoms with Gasteiger partial charge in [0.05, 0.1) is 18.8 Å². The standard InChI is InChI=1S/C70H107N19O20/c1-35(2)30-49(63(102)86-51(34-90)65(104)87-56(36(3)4)69(108)109)84-61(100)47(23-26-55(95)96)81-59(98)45(15-10-28-77-70(75)76)79-60(99)46(21-24-53(73)93)82-67(106)57(37(5)91)88-62(101)44(14-8-9-27-71)80-64(103)50(32-39-33-78-43-13-7-6-12-41(39)43)85-66(105)52-16-11-29-89(52)68(107)48(22-25-54(74)94)83-58(97)42(72)31-38-17-19-40(92)20-18-38/h6-7,12-13,17-20,33,35-37,42,44-52,56-57,78,90-92H,8-11,14-16,21-32,34,71-72H2,1-5H3,(H2,73,93)(H2,74,94)(H,79,99)(H,80,103)(H,81,98)(H,82,106)(H,83,97)(H,84,100)(H,85,105)(H,86,102)(H,87,104)(H,88,101)(H,95,96)(H,108,109)(H4,75,76,77)/t37-,42+,44+,45+,46+,47+,48+,49+,50+,51+,52+,56+,57+/m1/s1. The Morgan fingerprint density at radius 2 is 1.06 bits per heavy atom. The molecule has 13 amide bonds. The van der Waals surface area contributed by atoms with Crippen LogP contribution >= 0.6 is 0 Å². The lowest BCUT2D eigenvalue weighted by Crippen LogP contribution is -2.62. The van der Waals surface area contributed by atoms with E-state index >= 15 is 0 Å². The molecule has 0 aliphatic carbocycles. The fourth-order valence-corrected chi connectivity index (χ4v) is 11.9. The van der Waals surface area contributed by atoms with E-state index in [4.69, 9.17) is 34.4 Å². The lowest BCUT2D eigenvalue weighted by Gasteiger charge is -2.31. The maximum Gasteiger partial charge on any atom is 0.326 e. The van der Waals surface area contributed by atoms with Crippen LogP contribution in [-0.4, -0.2) is 235 Å². The molecule has 4 rings (SSSR count). The highest BCUT2D eigenvalue weighted by atomic mass is 16.4. The third kappa shape index (κ3) is 30.3. The number of hydrogen-bond acceptors (Lipinski definition) is 21. The number of H-pyrrole nitrogens is 1. The van der Waals surface area contributed by atoms with Crippen LogP contribution < -0.4 is 87.6 Å². The largest absolute Gasteiger partial charge is 0.508 e. The first-order valence-corrected chi connectivity index (χ1v) is 35.9. The summed E-state index contributed by atoms with van der Waals surface area (Å²) in [6.45, 7) is 6.38. The number of likely N-dealkylation sites (tertiary alicyclic amines) is 1. The number of nitrogens with zero attached hydrogens (tertiary/aromatic N) is 2. The maximum atomic E-state index is 14.9. The molecule has 0 saturated carbocycles. The predicted molar refractivity (Wildman–Crippen MR) is 393 cm³/mol. The number of amides is 13. The zero-order valence-corrected chi connectivity index (χ0v) is 61.7. The SMILES string of the molecule is CC(C)C[C@H](NC(=O)[C@H](CCC(=O)O)NC(=O)[C@H](CCCN=C(N)N)NC(=O)[C@H](CCC(N)=O)NC(=O)[C@@H](NC(=O)[C@H](CCCCN)NC(=O)[C@H](Cc1c[nH]c2ccccc12)NC(=O)[C@@H]1CCCN1C(=O)[C@H](CCC(N)=O)NC(=O)[C@@H](N)Cc1ccc(O)cc1)[C@@H](C)O)C(=O)N[C@@H](CO)C(=O)N[C@H](C(=O)O)C(C)C. The Balaban J connectivity index is 1.64. The van der Waals surface area contributed by atoms with Crippen molar-refractivity contribution in [3.63, 3.8) is 0 Å². The summed E-state index contributed by atoms with van der Waals surface area (Å²) in [5, 5.41) is 75.6. The topological polar surface area (TPSA) is 665 Å². The van der Waals surface area contributed by atoms with Crippen LogP contribution in [-0.2, 0) is 84.8 Å². The number of aliphatic hydroxyl groups excluding tert-OH is 2. The lowest BCUT2D eigenvalue weighted by molar-refractivity contribution is -0.144. The van der Waals surface area contributed by atoms with Gasteiger partial charge in [0, 0.05) is 55.9 Å². The van der Waals surface area contributed by atoms with E-state index < -0.39 is 206 Å². The molecular weight excluding hydrogens is 1430 g/mol. The summed E-state index contributed by atoms with van der Waals surface area (Å²) in [6.07, 6.45) is -3.53. The van der Waals surface area contributed by atoms with Gasteiger partial charge in [0.2, 0.25) is 76.8 Å². The Labute approximate surface area is 628 Å². The molecule has 2 aromatic carbocycles. The minimum Gasteiger partial charge on any atom is -0.508 e. The summed E-state index contributed by atoms with van der Waals surface area (Å²) in [7, 11) is 0. The number of carboxylic acids is 2. The number of aromatic nitrogens is 1. The molecule has 1 fully saturated rings. The van der Waals surface area contributed by atoms with E-state index in [1.807, 2.05) is 0 Å². The van der Waals surface area contributed by atoms with Crippen molar-refractivity contribution in [3.8, 4) is 5.75 Å². The summed E-state index contributed by atoms with van der Waals surface area (Å²) in [4.78, 5) is 213. The fraction of sp³-hybridized carbons (Fsp3) is 0.571. The molecule has 1 saturated heterocycles. The molecular formula is C70H107N19O20. The van der Waals surface area contributed by atoms with Crippen LogP contribution in [0.4, 0.5) is 0 Å². The van der Waals surface area contributed by atoms with Gasteiger partial charge < -0.3 is 123 Å². The molecule has 3 aromatic rings. The number of guanidine groups is 1. The van der Waals surface area contributed by atoms with Crippen molar-refractivity contribution >= 4 is 106 Å². The first-order valence-electron chi connectivity index (χ1n) is 35.9. The number of rotatable bonds is 48. The maximum absolute atomic E-state index is 14.9. The minimum absolute atomic E-state index is 0.00278. The number of nitrogens with one attached hydrogen (secondary N) is 11. The quantitative estimate of drug-likeness (QED) is 0.0143.